The molecule has 0 aromatic carbocycles. The van der Waals surface area contributed by atoms with E-state index >= 15 is 0 Å². The lowest BCUT2D eigenvalue weighted by atomic mass is 10.0. The zero-order chi connectivity index (χ0) is 18.5. The van der Waals surface area contributed by atoms with Gasteiger partial charge in [0.2, 0.25) is 0 Å². The third kappa shape index (κ3) is 5.96. The number of amides is 1. The minimum atomic E-state index is -0.681. The average Bonchev–Trinajstić information content (AvgIpc) is 2.72. The molecule has 2 atom stereocenters. The highest BCUT2D eigenvalue weighted by molar-refractivity contribution is 5.72. The van der Waals surface area contributed by atoms with E-state index in [0.29, 0.717) is 13.2 Å². The predicted octanol–water partition coefficient (Wildman–Crippen LogP) is 3.73. The van der Waals surface area contributed by atoms with Gasteiger partial charge in [-0.1, -0.05) is 13.3 Å². The molecule has 1 amide bonds. The normalized spacial score (nSPS) is 21.5. The SMILES string of the molecule is CCOC(=O)C(C)CCC[C@H]1COC(C)(C)N1C(=O)OC(C)(C)C. The van der Waals surface area contributed by atoms with Crippen molar-refractivity contribution in [2.75, 3.05) is 13.2 Å². The lowest BCUT2D eigenvalue weighted by Gasteiger charge is -2.35. The number of nitrogens with zero attached hydrogens (tertiary/aromatic N) is 1. The smallest absolute Gasteiger partial charge is 0.412 e. The molecule has 1 saturated heterocycles. The van der Waals surface area contributed by atoms with Gasteiger partial charge in [0.25, 0.3) is 0 Å². The van der Waals surface area contributed by atoms with Crippen LogP contribution in [0.15, 0.2) is 0 Å². The van der Waals surface area contributed by atoms with Crippen LogP contribution < -0.4 is 0 Å². The van der Waals surface area contributed by atoms with E-state index in [1.807, 2.05) is 41.5 Å². The summed E-state index contributed by atoms with van der Waals surface area (Å²) in [5, 5.41) is 0. The highest BCUT2D eigenvalue weighted by Gasteiger charge is 2.45. The average molecular weight is 343 g/mol. The van der Waals surface area contributed by atoms with E-state index in [-0.39, 0.29) is 24.0 Å². The first-order valence-electron chi connectivity index (χ1n) is 8.81. The summed E-state index contributed by atoms with van der Waals surface area (Å²) in [4.78, 5) is 25.9. The molecule has 0 aromatic rings. The van der Waals surface area contributed by atoms with E-state index in [4.69, 9.17) is 14.2 Å². The fraction of sp³-hybridized carbons (Fsp3) is 0.889. The lowest BCUT2D eigenvalue weighted by molar-refractivity contribution is -0.147. The van der Waals surface area contributed by atoms with Gasteiger partial charge in [-0.15, -0.1) is 0 Å². The van der Waals surface area contributed by atoms with Crippen molar-refractivity contribution in [3.05, 3.63) is 0 Å². The highest BCUT2D eigenvalue weighted by Crippen LogP contribution is 2.32. The molecule has 0 radical (unpaired) electrons. The second-order valence-electron chi connectivity index (χ2n) is 7.85. The number of esters is 1. The zero-order valence-corrected chi connectivity index (χ0v) is 16.2. The maximum atomic E-state index is 12.5. The number of carbonyl (C=O) groups excluding carboxylic acids is 2. The fourth-order valence-corrected chi connectivity index (χ4v) is 2.84. The summed E-state index contributed by atoms with van der Waals surface area (Å²) in [5.74, 6) is -0.292. The van der Waals surface area contributed by atoms with Crippen molar-refractivity contribution >= 4 is 12.1 Å². The Balaban J connectivity index is 2.60. The first-order chi connectivity index (χ1) is 11.0. The second-order valence-corrected chi connectivity index (χ2v) is 7.85. The Morgan fingerprint density at radius 3 is 2.50 bits per heavy atom. The molecule has 1 aliphatic rings. The summed E-state index contributed by atoms with van der Waals surface area (Å²) < 4.78 is 16.3. The van der Waals surface area contributed by atoms with Gasteiger partial charge in [0.05, 0.1) is 25.2 Å². The molecule has 0 spiro atoms. The van der Waals surface area contributed by atoms with Crippen molar-refractivity contribution in [2.24, 2.45) is 5.92 Å². The number of hydrogen-bond acceptors (Lipinski definition) is 5. The third-order valence-electron chi connectivity index (χ3n) is 4.03. The quantitative estimate of drug-likeness (QED) is 0.688. The number of ether oxygens (including phenoxy) is 3. The molecule has 24 heavy (non-hydrogen) atoms. The van der Waals surface area contributed by atoms with Crippen LogP contribution in [0.2, 0.25) is 0 Å². The van der Waals surface area contributed by atoms with Crippen LogP contribution in [0.25, 0.3) is 0 Å². The Hall–Kier alpha value is -1.30. The molecule has 6 nitrogen and oxygen atoms in total. The van der Waals surface area contributed by atoms with E-state index in [1.165, 1.54) is 0 Å². The molecule has 6 heteroatoms. The molecule has 1 heterocycles. The molecule has 140 valence electrons. The predicted molar refractivity (Wildman–Crippen MR) is 91.5 cm³/mol. The van der Waals surface area contributed by atoms with Crippen molar-refractivity contribution in [3.63, 3.8) is 0 Å². The first-order valence-corrected chi connectivity index (χ1v) is 8.81. The van der Waals surface area contributed by atoms with E-state index in [0.717, 1.165) is 19.3 Å². The van der Waals surface area contributed by atoms with E-state index < -0.39 is 11.3 Å². The van der Waals surface area contributed by atoms with Crippen LogP contribution in [0.1, 0.15) is 67.7 Å². The van der Waals surface area contributed by atoms with Crippen molar-refractivity contribution in [3.8, 4) is 0 Å². The van der Waals surface area contributed by atoms with Crippen molar-refractivity contribution < 1.29 is 23.8 Å². The minimum absolute atomic E-state index is 0.0377. The van der Waals surface area contributed by atoms with E-state index in [9.17, 15) is 9.59 Å². The second kappa shape index (κ2) is 8.19. The molecular weight excluding hydrogens is 310 g/mol. The Morgan fingerprint density at radius 1 is 1.33 bits per heavy atom. The Bertz CT molecular complexity index is 441. The van der Waals surface area contributed by atoms with Gasteiger partial charge in [-0.2, -0.15) is 0 Å². The van der Waals surface area contributed by atoms with E-state index in [2.05, 4.69) is 0 Å². The summed E-state index contributed by atoms with van der Waals surface area (Å²) >= 11 is 0. The minimum Gasteiger partial charge on any atom is -0.466 e. The van der Waals surface area contributed by atoms with Crippen molar-refractivity contribution in [1.82, 2.24) is 4.90 Å². The molecule has 0 aliphatic carbocycles. The summed E-state index contributed by atoms with van der Waals surface area (Å²) in [5.41, 5.74) is -1.22. The molecule has 1 aliphatic heterocycles. The Morgan fingerprint density at radius 2 is 1.96 bits per heavy atom. The number of carbonyl (C=O) groups is 2. The Kier molecular flexibility index (Phi) is 7.08. The van der Waals surface area contributed by atoms with Crippen LogP contribution in [0, 0.1) is 5.92 Å². The van der Waals surface area contributed by atoms with Gasteiger partial charge in [-0.05, 0) is 54.4 Å². The molecule has 0 saturated carbocycles. The summed E-state index contributed by atoms with van der Waals surface area (Å²) in [6.45, 7) is 13.9. The van der Waals surface area contributed by atoms with Crippen LogP contribution in [-0.2, 0) is 19.0 Å². The largest absolute Gasteiger partial charge is 0.466 e. The molecule has 1 fully saturated rings. The topological polar surface area (TPSA) is 65.1 Å². The van der Waals surface area contributed by atoms with Crippen LogP contribution in [0.3, 0.4) is 0 Å². The monoisotopic (exact) mass is 343 g/mol. The summed E-state index contributed by atoms with van der Waals surface area (Å²) in [7, 11) is 0. The van der Waals surface area contributed by atoms with Gasteiger partial charge in [0.15, 0.2) is 0 Å². The van der Waals surface area contributed by atoms with Crippen molar-refractivity contribution in [1.29, 1.82) is 0 Å². The van der Waals surface area contributed by atoms with Crippen molar-refractivity contribution in [2.45, 2.75) is 85.1 Å². The third-order valence-corrected chi connectivity index (χ3v) is 4.03. The zero-order valence-electron chi connectivity index (χ0n) is 16.2. The number of hydrogen-bond donors (Lipinski definition) is 0. The van der Waals surface area contributed by atoms with Crippen LogP contribution in [0.4, 0.5) is 4.79 Å². The molecular formula is C18H33NO5. The van der Waals surface area contributed by atoms with Gasteiger partial charge in [0.1, 0.15) is 11.3 Å². The van der Waals surface area contributed by atoms with Crippen LogP contribution >= 0.6 is 0 Å². The fourth-order valence-electron chi connectivity index (χ4n) is 2.84. The first kappa shape index (κ1) is 20.7. The van der Waals surface area contributed by atoms with Gasteiger partial charge in [-0.3, -0.25) is 9.69 Å². The van der Waals surface area contributed by atoms with Gasteiger partial charge < -0.3 is 14.2 Å². The molecule has 0 bridgehead atoms. The van der Waals surface area contributed by atoms with Crippen LogP contribution in [0.5, 0.6) is 0 Å². The number of rotatable bonds is 6. The standard InChI is InChI=1S/C18H33NO5/c1-8-22-15(20)13(2)10-9-11-14-12-23-18(6,7)19(14)16(21)24-17(3,4)5/h13-14H,8-12H2,1-7H3/t13?,14-/m0/s1. The molecule has 0 N–H and O–H groups in total. The van der Waals surface area contributed by atoms with Crippen LogP contribution in [-0.4, -0.2) is 47.5 Å². The molecule has 0 aromatic heterocycles. The van der Waals surface area contributed by atoms with Gasteiger partial charge in [0, 0.05) is 0 Å². The molecule has 1 unspecified atom stereocenters. The summed E-state index contributed by atoms with van der Waals surface area (Å²) in [6.07, 6.45) is 1.97. The maximum absolute atomic E-state index is 12.5. The van der Waals surface area contributed by atoms with Gasteiger partial charge >= 0.3 is 12.1 Å². The maximum Gasteiger partial charge on any atom is 0.412 e. The summed E-state index contributed by atoms with van der Waals surface area (Å²) in [6, 6.07) is -0.0377. The van der Waals surface area contributed by atoms with Gasteiger partial charge in [-0.25, -0.2) is 4.79 Å². The lowest BCUT2D eigenvalue weighted by Crippen LogP contribution is -2.49. The Labute approximate surface area is 145 Å². The van der Waals surface area contributed by atoms with E-state index in [1.54, 1.807) is 11.8 Å². The molecule has 1 rings (SSSR count). The highest BCUT2D eigenvalue weighted by atomic mass is 16.6.